The molecule has 144 valence electrons. The van der Waals surface area contributed by atoms with Crippen molar-refractivity contribution in [2.24, 2.45) is 5.10 Å². The van der Waals surface area contributed by atoms with E-state index >= 15 is 0 Å². The Balaban J connectivity index is 1.76. The molecular weight excluding hydrogens is 487 g/mol. The molecule has 0 fully saturated rings. The topological polar surface area (TPSA) is 42.8 Å². The molecular formula is C22H20ClIN2O2. The molecule has 0 bridgehead atoms. The van der Waals surface area contributed by atoms with Crippen molar-refractivity contribution in [2.45, 2.75) is 13.5 Å². The Bertz CT molecular complexity index is 949. The van der Waals surface area contributed by atoms with E-state index in [1.165, 1.54) is 0 Å². The predicted octanol–water partition coefficient (Wildman–Crippen LogP) is 6.37. The lowest BCUT2D eigenvalue weighted by Gasteiger charge is -2.15. The van der Waals surface area contributed by atoms with Crippen LogP contribution in [0.1, 0.15) is 18.1 Å². The average molecular weight is 507 g/mol. The molecule has 0 spiro atoms. The second-order valence-corrected chi connectivity index (χ2v) is 7.45. The average Bonchev–Trinajstić information content (AvgIpc) is 2.70. The quantitative estimate of drug-likeness (QED) is 0.219. The first-order valence-electron chi connectivity index (χ1n) is 8.84. The van der Waals surface area contributed by atoms with Crippen molar-refractivity contribution >= 4 is 46.1 Å². The predicted molar refractivity (Wildman–Crippen MR) is 124 cm³/mol. The number of nitrogens with one attached hydrogen (secondary N) is 1. The van der Waals surface area contributed by atoms with E-state index in [2.05, 4.69) is 33.1 Å². The number of nitrogens with zero attached hydrogens (tertiary/aromatic N) is 1. The Morgan fingerprint density at radius 2 is 1.79 bits per heavy atom. The maximum absolute atomic E-state index is 6.23. The number of rotatable bonds is 8. The highest BCUT2D eigenvalue weighted by Gasteiger charge is 2.13. The van der Waals surface area contributed by atoms with Gasteiger partial charge in [-0.1, -0.05) is 48.0 Å². The minimum absolute atomic E-state index is 0.374. The van der Waals surface area contributed by atoms with Crippen LogP contribution in [0.2, 0.25) is 5.02 Å². The number of anilines is 1. The Morgan fingerprint density at radius 3 is 2.54 bits per heavy atom. The molecule has 0 aromatic heterocycles. The molecule has 0 atom stereocenters. The van der Waals surface area contributed by atoms with Crippen LogP contribution in [0, 0.1) is 3.57 Å². The van der Waals surface area contributed by atoms with Crippen LogP contribution in [0.4, 0.5) is 5.69 Å². The number of ether oxygens (including phenoxy) is 2. The van der Waals surface area contributed by atoms with E-state index in [1.54, 1.807) is 6.21 Å². The van der Waals surface area contributed by atoms with E-state index in [1.807, 2.05) is 73.7 Å². The van der Waals surface area contributed by atoms with Crippen molar-refractivity contribution in [3.05, 3.63) is 86.4 Å². The van der Waals surface area contributed by atoms with Gasteiger partial charge in [-0.15, -0.1) is 0 Å². The first-order valence-corrected chi connectivity index (χ1v) is 10.3. The maximum Gasteiger partial charge on any atom is 0.175 e. The number of hydrazone groups is 1. The van der Waals surface area contributed by atoms with Gasteiger partial charge in [-0.05, 0) is 65.4 Å². The molecule has 3 rings (SSSR count). The van der Waals surface area contributed by atoms with E-state index in [0.717, 1.165) is 20.4 Å². The lowest BCUT2D eigenvalue weighted by atomic mass is 10.2. The van der Waals surface area contributed by atoms with Gasteiger partial charge in [0.05, 0.1) is 22.1 Å². The van der Waals surface area contributed by atoms with Crippen molar-refractivity contribution in [3.8, 4) is 11.5 Å². The Hall–Kier alpha value is -2.25. The third-order valence-electron chi connectivity index (χ3n) is 3.84. The van der Waals surface area contributed by atoms with E-state index in [9.17, 15) is 0 Å². The van der Waals surface area contributed by atoms with Crippen LogP contribution in [0.3, 0.4) is 0 Å². The minimum Gasteiger partial charge on any atom is -0.490 e. The number of para-hydroxylation sites is 1. The summed E-state index contributed by atoms with van der Waals surface area (Å²) in [6, 6.07) is 21.4. The summed E-state index contributed by atoms with van der Waals surface area (Å²) in [6.45, 7) is 2.86. The molecule has 3 aromatic carbocycles. The van der Waals surface area contributed by atoms with Crippen LogP contribution in [0.5, 0.6) is 11.5 Å². The molecule has 0 amide bonds. The van der Waals surface area contributed by atoms with E-state index in [0.29, 0.717) is 29.7 Å². The Morgan fingerprint density at radius 1 is 1.04 bits per heavy atom. The molecule has 0 unspecified atom stereocenters. The summed E-state index contributed by atoms with van der Waals surface area (Å²) in [4.78, 5) is 0. The zero-order chi connectivity index (χ0) is 19.8. The first kappa shape index (κ1) is 20.5. The number of halogens is 2. The fraction of sp³-hybridized carbons (Fsp3) is 0.136. The summed E-state index contributed by atoms with van der Waals surface area (Å²) in [7, 11) is 0. The van der Waals surface area contributed by atoms with Gasteiger partial charge in [0.1, 0.15) is 6.61 Å². The van der Waals surface area contributed by atoms with Crippen molar-refractivity contribution in [1.29, 1.82) is 0 Å². The third kappa shape index (κ3) is 5.62. The molecule has 1 N–H and O–H groups in total. The highest BCUT2D eigenvalue weighted by molar-refractivity contribution is 14.1. The van der Waals surface area contributed by atoms with Crippen LogP contribution in [-0.2, 0) is 6.61 Å². The normalized spacial score (nSPS) is 10.8. The van der Waals surface area contributed by atoms with Crippen LogP contribution in [0.25, 0.3) is 0 Å². The number of benzene rings is 3. The van der Waals surface area contributed by atoms with Gasteiger partial charge in [0, 0.05) is 10.6 Å². The molecule has 0 radical (unpaired) electrons. The third-order valence-corrected chi connectivity index (χ3v) is 5.01. The summed E-state index contributed by atoms with van der Waals surface area (Å²) in [6.07, 6.45) is 1.76. The van der Waals surface area contributed by atoms with Gasteiger partial charge in [0.25, 0.3) is 0 Å². The summed E-state index contributed by atoms with van der Waals surface area (Å²) in [5.74, 6) is 1.39. The van der Waals surface area contributed by atoms with Gasteiger partial charge in [0.15, 0.2) is 11.5 Å². The van der Waals surface area contributed by atoms with Crippen molar-refractivity contribution in [1.82, 2.24) is 0 Å². The SMILES string of the molecule is CCOc1cc(C=NNc2ccccc2)cc(I)c1OCc1ccccc1Cl. The lowest BCUT2D eigenvalue weighted by molar-refractivity contribution is 0.267. The zero-order valence-electron chi connectivity index (χ0n) is 15.4. The summed E-state index contributed by atoms with van der Waals surface area (Å²) in [5.41, 5.74) is 5.79. The van der Waals surface area contributed by atoms with Crippen LogP contribution < -0.4 is 14.9 Å². The smallest absolute Gasteiger partial charge is 0.175 e. The van der Waals surface area contributed by atoms with Crippen molar-refractivity contribution < 1.29 is 9.47 Å². The molecule has 3 aromatic rings. The highest BCUT2D eigenvalue weighted by Crippen LogP contribution is 2.35. The van der Waals surface area contributed by atoms with Crippen molar-refractivity contribution in [2.75, 3.05) is 12.0 Å². The van der Waals surface area contributed by atoms with Gasteiger partial charge >= 0.3 is 0 Å². The van der Waals surface area contributed by atoms with E-state index in [-0.39, 0.29) is 0 Å². The monoisotopic (exact) mass is 506 g/mol. The van der Waals surface area contributed by atoms with Crippen LogP contribution in [-0.4, -0.2) is 12.8 Å². The maximum atomic E-state index is 6.23. The molecule has 28 heavy (non-hydrogen) atoms. The molecule has 0 saturated heterocycles. The molecule has 6 heteroatoms. The summed E-state index contributed by atoms with van der Waals surface area (Å²) >= 11 is 8.47. The zero-order valence-corrected chi connectivity index (χ0v) is 18.3. The molecule has 0 aliphatic heterocycles. The first-order chi connectivity index (χ1) is 13.7. The molecule has 0 aliphatic rings. The van der Waals surface area contributed by atoms with Crippen LogP contribution >= 0.6 is 34.2 Å². The van der Waals surface area contributed by atoms with E-state index < -0.39 is 0 Å². The number of hydrogen-bond acceptors (Lipinski definition) is 4. The van der Waals surface area contributed by atoms with Crippen LogP contribution in [0.15, 0.2) is 71.8 Å². The molecule has 0 aliphatic carbocycles. The van der Waals surface area contributed by atoms with Gasteiger partial charge in [0.2, 0.25) is 0 Å². The second kappa shape index (κ2) is 10.3. The minimum atomic E-state index is 0.374. The molecule has 4 nitrogen and oxygen atoms in total. The summed E-state index contributed by atoms with van der Waals surface area (Å²) in [5, 5.41) is 4.98. The van der Waals surface area contributed by atoms with E-state index in [4.69, 9.17) is 21.1 Å². The molecule has 0 saturated carbocycles. The van der Waals surface area contributed by atoms with Crippen molar-refractivity contribution in [3.63, 3.8) is 0 Å². The fourth-order valence-electron chi connectivity index (χ4n) is 2.52. The van der Waals surface area contributed by atoms with Gasteiger partial charge < -0.3 is 9.47 Å². The fourth-order valence-corrected chi connectivity index (χ4v) is 3.50. The standard InChI is InChI=1S/C22H20ClIN2O2/c1-2-27-21-13-16(14-25-26-18-9-4-3-5-10-18)12-20(24)22(21)28-15-17-8-6-7-11-19(17)23/h3-14,26H,2,15H2,1H3. The largest absolute Gasteiger partial charge is 0.490 e. The van der Waals surface area contributed by atoms with Gasteiger partial charge in [-0.25, -0.2) is 0 Å². The summed E-state index contributed by atoms with van der Waals surface area (Å²) < 4.78 is 12.8. The van der Waals surface area contributed by atoms with Gasteiger partial charge in [-0.2, -0.15) is 5.10 Å². The highest BCUT2D eigenvalue weighted by atomic mass is 127. The second-order valence-electron chi connectivity index (χ2n) is 5.88. The Labute approximate surface area is 183 Å². The lowest BCUT2D eigenvalue weighted by Crippen LogP contribution is -2.03. The Kier molecular flexibility index (Phi) is 7.56. The molecule has 0 heterocycles. The number of hydrogen-bond donors (Lipinski definition) is 1. The van der Waals surface area contributed by atoms with Gasteiger partial charge in [-0.3, -0.25) is 5.43 Å².